The third kappa shape index (κ3) is 3.59. The minimum atomic E-state index is -0.373. The molecule has 0 saturated heterocycles. The van der Waals surface area contributed by atoms with E-state index in [1.54, 1.807) is 31.2 Å². The Hall–Kier alpha value is -2.37. The normalized spacial score (nSPS) is 13.0. The Morgan fingerprint density at radius 3 is 2.67 bits per heavy atom. The van der Waals surface area contributed by atoms with E-state index in [1.165, 1.54) is 0 Å². The molecule has 1 unspecified atom stereocenters. The molecule has 6 heteroatoms. The molecule has 0 aliphatic heterocycles. The predicted octanol–water partition coefficient (Wildman–Crippen LogP) is 2.44. The zero-order valence-corrected chi connectivity index (χ0v) is 12.7. The second kappa shape index (κ2) is 5.55. The average Bonchev–Trinajstić information content (AvgIpc) is 2.88. The van der Waals surface area contributed by atoms with Crippen molar-refractivity contribution in [2.75, 3.05) is 5.73 Å². The van der Waals surface area contributed by atoms with Gasteiger partial charge in [0, 0.05) is 16.7 Å². The highest BCUT2D eigenvalue weighted by atomic mass is 16.5. The van der Waals surface area contributed by atoms with Gasteiger partial charge in [0.25, 0.3) is 5.91 Å². The number of amides is 1. The second-order valence-corrected chi connectivity index (χ2v) is 6.03. The quantitative estimate of drug-likeness (QED) is 0.846. The molecule has 1 atom stereocenters. The van der Waals surface area contributed by atoms with Gasteiger partial charge in [-0.1, -0.05) is 32.0 Å². The van der Waals surface area contributed by atoms with E-state index in [4.69, 9.17) is 10.3 Å². The molecule has 1 aromatic carbocycles. The predicted molar refractivity (Wildman–Crippen MR) is 79.7 cm³/mol. The van der Waals surface area contributed by atoms with Gasteiger partial charge in [0.2, 0.25) is 5.89 Å². The summed E-state index contributed by atoms with van der Waals surface area (Å²) in [4.78, 5) is 16.5. The Balaban J connectivity index is 2.09. The van der Waals surface area contributed by atoms with Gasteiger partial charge in [0.05, 0.1) is 0 Å². The van der Waals surface area contributed by atoms with Gasteiger partial charge in [-0.15, -0.1) is 0 Å². The summed E-state index contributed by atoms with van der Waals surface area (Å²) in [5, 5.41) is 6.76. The highest BCUT2D eigenvalue weighted by Gasteiger charge is 2.24. The fraction of sp³-hybridized carbons (Fsp3) is 0.400. The number of hydrogen-bond acceptors (Lipinski definition) is 5. The van der Waals surface area contributed by atoms with Crippen LogP contribution in [0.15, 0.2) is 28.8 Å². The Labute approximate surface area is 123 Å². The molecule has 3 N–H and O–H groups in total. The van der Waals surface area contributed by atoms with E-state index in [2.05, 4.69) is 15.5 Å². The number of nitrogens with one attached hydrogen (secondary N) is 1. The summed E-state index contributed by atoms with van der Waals surface area (Å²) in [6.45, 7) is 7.79. The summed E-state index contributed by atoms with van der Waals surface area (Å²) in [7, 11) is 0. The molecular weight excluding hydrogens is 268 g/mol. The third-order valence-electron chi connectivity index (χ3n) is 2.98. The van der Waals surface area contributed by atoms with E-state index in [-0.39, 0.29) is 17.4 Å². The van der Waals surface area contributed by atoms with Crippen LogP contribution >= 0.6 is 0 Å². The average molecular weight is 288 g/mol. The molecule has 112 valence electrons. The monoisotopic (exact) mass is 288 g/mol. The topological polar surface area (TPSA) is 94.0 Å². The van der Waals surface area contributed by atoms with Crippen LogP contribution in [0.3, 0.4) is 0 Å². The lowest BCUT2D eigenvalue weighted by molar-refractivity contribution is 0.0932. The SMILES string of the molecule is CC(NC(=O)c1cccc(N)c1)c1nc(C(C)(C)C)no1. The first-order chi connectivity index (χ1) is 9.77. The standard InChI is InChI=1S/C15H20N4O2/c1-9(13-18-14(19-21-13)15(2,3)4)17-12(20)10-6-5-7-11(16)8-10/h5-9H,16H2,1-4H3,(H,17,20). The van der Waals surface area contributed by atoms with Crippen molar-refractivity contribution < 1.29 is 9.32 Å². The molecular formula is C15H20N4O2. The van der Waals surface area contributed by atoms with Crippen LogP contribution in [0.1, 0.15) is 55.8 Å². The van der Waals surface area contributed by atoms with Crippen molar-refractivity contribution >= 4 is 11.6 Å². The fourth-order valence-electron chi connectivity index (χ4n) is 1.74. The number of carbonyl (C=O) groups excluding carboxylic acids is 1. The molecule has 0 bridgehead atoms. The van der Waals surface area contributed by atoms with Crippen LogP contribution < -0.4 is 11.1 Å². The number of anilines is 1. The molecule has 1 heterocycles. The van der Waals surface area contributed by atoms with E-state index < -0.39 is 0 Å². The van der Waals surface area contributed by atoms with Crippen LogP contribution in [0.25, 0.3) is 0 Å². The van der Waals surface area contributed by atoms with E-state index in [1.807, 2.05) is 20.8 Å². The molecule has 0 aliphatic rings. The maximum Gasteiger partial charge on any atom is 0.251 e. The lowest BCUT2D eigenvalue weighted by Crippen LogP contribution is -2.27. The highest BCUT2D eigenvalue weighted by Crippen LogP contribution is 2.21. The number of nitrogens with zero attached hydrogens (tertiary/aromatic N) is 2. The number of aromatic nitrogens is 2. The summed E-state index contributed by atoms with van der Waals surface area (Å²) in [5.74, 6) is 0.769. The summed E-state index contributed by atoms with van der Waals surface area (Å²) in [6, 6.07) is 6.42. The highest BCUT2D eigenvalue weighted by molar-refractivity contribution is 5.95. The fourth-order valence-corrected chi connectivity index (χ4v) is 1.74. The Morgan fingerprint density at radius 1 is 1.38 bits per heavy atom. The summed E-state index contributed by atoms with van der Waals surface area (Å²) < 4.78 is 5.21. The summed E-state index contributed by atoms with van der Waals surface area (Å²) in [6.07, 6.45) is 0. The molecule has 2 aromatic rings. The van der Waals surface area contributed by atoms with Crippen molar-refractivity contribution in [3.8, 4) is 0 Å². The van der Waals surface area contributed by atoms with E-state index in [0.29, 0.717) is 23.0 Å². The van der Waals surface area contributed by atoms with Gasteiger partial charge in [-0.3, -0.25) is 4.79 Å². The van der Waals surface area contributed by atoms with Gasteiger partial charge < -0.3 is 15.6 Å². The van der Waals surface area contributed by atoms with Crippen molar-refractivity contribution in [2.24, 2.45) is 0 Å². The Morgan fingerprint density at radius 2 is 2.10 bits per heavy atom. The Kier molecular flexibility index (Phi) is 3.97. The minimum Gasteiger partial charge on any atom is -0.399 e. The zero-order chi connectivity index (χ0) is 15.6. The molecule has 0 radical (unpaired) electrons. The summed E-state index contributed by atoms with van der Waals surface area (Å²) in [5.41, 5.74) is 6.52. The lowest BCUT2D eigenvalue weighted by atomic mass is 9.96. The molecule has 21 heavy (non-hydrogen) atoms. The number of rotatable bonds is 3. The minimum absolute atomic E-state index is 0.195. The van der Waals surface area contributed by atoms with Gasteiger partial charge in [-0.05, 0) is 25.1 Å². The first kappa shape index (κ1) is 15.0. The molecule has 0 saturated carbocycles. The maximum absolute atomic E-state index is 12.1. The van der Waals surface area contributed by atoms with Crippen LogP contribution in [0, 0.1) is 0 Å². The van der Waals surface area contributed by atoms with Gasteiger partial charge >= 0.3 is 0 Å². The largest absolute Gasteiger partial charge is 0.399 e. The molecule has 6 nitrogen and oxygen atoms in total. The van der Waals surface area contributed by atoms with Gasteiger partial charge in [-0.2, -0.15) is 4.98 Å². The van der Waals surface area contributed by atoms with Gasteiger partial charge in [-0.25, -0.2) is 0 Å². The van der Waals surface area contributed by atoms with Crippen LogP contribution in [0.2, 0.25) is 0 Å². The smallest absolute Gasteiger partial charge is 0.251 e. The van der Waals surface area contributed by atoms with E-state index in [0.717, 1.165) is 0 Å². The molecule has 0 spiro atoms. The maximum atomic E-state index is 12.1. The van der Waals surface area contributed by atoms with Gasteiger partial charge in [0.15, 0.2) is 5.82 Å². The number of benzene rings is 1. The van der Waals surface area contributed by atoms with Crippen LogP contribution in [-0.4, -0.2) is 16.0 Å². The van der Waals surface area contributed by atoms with Crippen molar-refractivity contribution in [1.29, 1.82) is 0 Å². The molecule has 1 amide bonds. The zero-order valence-electron chi connectivity index (χ0n) is 12.7. The Bertz CT molecular complexity index is 643. The lowest BCUT2D eigenvalue weighted by Gasteiger charge is -2.12. The number of nitrogen functional groups attached to an aromatic ring is 1. The number of nitrogens with two attached hydrogens (primary N) is 1. The molecule has 2 rings (SSSR count). The van der Waals surface area contributed by atoms with Crippen LogP contribution in [0.5, 0.6) is 0 Å². The first-order valence-corrected chi connectivity index (χ1v) is 6.78. The first-order valence-electron chi connectivity index (χ1n) is 6.78. The van der Waals surface area contributed by atoms with Crippen LogP contribution in [0.4, 0.5) is 5.69 Å². The van der Waals surface area contributed by atoms with Crippen molar-refractivity contribution in [3.05, 3.63) is 41.5 Å². The van der Waals surface area contributed by atoms with E-state index in [9.17, 15) is 4.79 Å². The molecule has 0 fully saturated rings. The molecule has 0 aliphatic carbocycles. The van der Waals surface area contributed by atoms with E-state index >= 15 is 0 Å². The number of hydrogen-bond donors (Lipinski definition) is 2. The van der Waals surface area contributed by atoms with Crippen molar-refractivity contribution in [2.45, 2.75) is 39.2 Å². The van der Waals surface area contributed by atoms with Crippen molar-refractivity contribution in [1.82, 2.24) is 15.5 Å². The second-order valence-electron chi connectivity index (χ2n) is 6.03. The van der Waals surface area contributed by atoms with Crippen LogP contribution in [-0.2, 0) is 5.41 Å². The molecule has 1 aromatic heterocycles. The third-order valence-corrected chi connectivity index (χ3v) is 2.98. The number of carbonyl (C=O) groups is 1. The van der Waals surface area contributed by atoms with Crippen molar-refractivity contribution in [3.63, 3.8) is 0 Å². The summed E-state index contributed by atoms with van der Waals surface area (Å²) >= 11 is 0. The van der Waals surface area contributed by atoms with Gasteiger partial charge in [0.1, 0.15) is 6.04 Å².